The minimum absolute atomic E-state index is 0.388. The molecule has 2 aromatic rings. The molecule has 3 N–H and O–H groups in total. The molecule has 2 rings (SSSR count). The Kier molecular flexibility index (Phi) is 3.20. The smallest absolute Gasteiger partial charge is 0.417 e. The first-order valence-corrected chi connectivity index (χ1v) is 5.83. The number of rotatable bonds is 3. The second-order valence-electron chi connectivity index (χ2n) is 4.96. The summed E-state index contributed by atoms with van der Waals surface area (Å²) in [6, 6.07) is 4.53. The standard InChI is InChI=1S/C13H16N2O4/c1-13(2,11(16)18-3)10(14)7-4-5-9-8(6-7)15-12(17)19-9/h4-6,10H,14H2,1-3H3,(H,15,17). The average molecular weight is 264 g/mol. The molecular weight excluding hydrogens is 248 g/mol. The fourth-order valence-corrected chi connectivity index (χ4v) is 1.97. The zero-order valence-corrected chi connectivity index (χ0v) is 11.0. The number of nitrogens with two attached hydrogens (primary N) is 1. The average Bonchev–Trinajstić information content (AvgIpc) is 2.75. The van der Waals surface area contributed by atoms with Crippen molar-refractivity contribution in [2.45, 2.75) is 19.9 Å². The van der Waals surface area contributed by atoms with Gasteiger partial charge in [0.05, 0.1) is 18.0 Å². The van der Waals surface area contributed by atoms with Crippen LogP contribution in [0.15, 0.2) is 27.4 Å². The lowest BCUT2D eigenvalue weighted by Gasteiger charge is -2.28. The third-order valence-corrected chi connectivity index (χ3v) is 3.29. The van der Waals surface area contributed by atoms with Crippen LogP contribution in [0, 0.1) is 5.41 Å². The van der Waals surface area contributed by atoms with Crippen LogP contribution in [0.2, 0.25) is 0 Å². The number of esters is 1. The van der Waals surface area contributed by atoms with Crippen molar-refractivity contribution in [3.05, 3.63) is 34.3 Å². The highest BCUT2D eigenvalue weighted by atomic mass is 16.5. The Hall–Kier alpha value is -2.08. The Morgan fingerprint density at radius 2 is 2.16 bits per heavy atom. The number of aromatic amines is 1. The van der Waals surface area contributed by atoms with Crippen LogP contribution in [0.3, 0.4) is 0 Å². The largest absolute Gasteiger partial charge is 0.469 e. The molecule has 1 aromatic heterocycles. The van der Waals surface area contributed by atoms with Gasteiger partial charge in [0.15, 0.2) is 5.58 Å². The van der Waals surface area contributed by atoms with Crippen LogP contribution in [-0.4, -0.2) is 18.1 Å². The van der Waals surface area contributed by atoms with E-state index in [9.17, 15) is 9.59 Å². The number of ether oxygens (including phenoxy) is 1. The fraction of sp³-hybridized carbons (Fsp3) is 0.385. The summed E-state index contributed by atoms with van der Waals surface area (Å²) < 4.78 is 9.67. The first-order chi connectivity index (χ1) is 8.86. The van der Waals surface area contributed by atoms with Crippen LogP contribution in [-0.2, 0) is 9.53 Å². The fourth-order valence-electron chi connectivity index (χ4n) is 1.97. The van der Waals surface area contributed by atoms with Crippen molar-refractivity contribution in [1.29, 1.82) is 0 Å². The minimum Gasteiger partial charge on any atom is -0.469 e. The van der Waals surface area contributed by atoms with Gasteiger partial charge >= 0.3 is 11.7 Å². The van der Waals surface area contributed by atoms with E-state index in [1.165, 1.54) is 7.11 Å². The SMILES string of the molecule is COC(=O)C(C)(C)C(N)c1ccc2oc(=O)[nH]c2c1. The lowest BCUT2D eigenvalue weighted by Crippen LogP contribution is -2.37. The number of fused-ring (bicyclic) bond motifs is 1. The van der Waals surface area contributed by atoms with Crippen LogP contribution in [0.5, 0.6) is 0 Å². The molecule has 0 fully saturated rings. The molecule has 0 aliphatic carbocycles. The Morgan fingerprint density at radius 3 is 2.79 bits per heavy atom. The Morgan fingerprint density at radius 1 is 1.47 bits per heavy atom. The first-order valence-electron chi connectivity index (χ1n) is 5.83. The zero-order valence-electron chi connectivity index (χ0n) is 11.0. The number of benzene rings is 1. The summed E-state index contributed by atoms with van der Waals surface area (Å²) in [5.74, 6) is -0.909. The van der Waals surface area contributed by atoms with Gasteiger partial charge in [0.25, 0.3) is 0 Å². The lowest BCUT2D eigenvalue weighted by molar-refractivity contribution is -0.152. The Balaban J connectivity index is 2.43. The monoisotopic (exact) mass is 264 g/mol. The quantitative estimate of drug-likeness (QED) is 0.815. The van der Waals surface area contributed by atoms with Crippen molar-refractivity contribution < 1.29 is 13.9 Å². The maximum Gasteiger partial charge on any atom is 0.417 e. The van der Waals surface area contributed by atoms with E-state index in [2.05, 4.69) is 4.98 Å². The molecule has 1 aromatic carbocycles. The molecule has 19 heavy (non-hydrogen) atoms. The van der Waals surface area contributed by atoms with Crippen molar-refractivity contribution in [3.63, 3.8) is 0 Å². The Bertz CT molecular complexity index is 669. The molecule has 0 aliphatic rings. The van der Waals surface area contributed by atoms with Gasteiger partial charge in [-0.3, -0.25) is 9.78 Å². The molecular formula is C13H16N2O4. The van der Waals surface area contributed by atoms with Gasteiger partial charge < -0.3 is 14.9 Å². The van der Waals surface area contributed by atoms with Gasteiger partial charge in [0.2, 0.25) is 0 Å². The second-order valence-corrected chi connectivity index (χ2v) is 4.96. The number of H-pyrrole nitrogens is 1. The molecule has 0 spiro atoms. The third kappa shape index (κ3) is 2.26. The third-order valence-electron chi connectivity index (χ3n) is 3.29. The molecule has 6 nitrogen and oxygen atoms in total. The van der Waals surface area contributed by atoms with Crippen molar-refractivity contribution in [1.82, 2.24) is 4.98 Å². The van der Waals surface area contributed by atoms with Crippen LogP contribution in [0.1, 0.15) is 25.5 Å². The van der Waals surface area contributed by atoms with Crippen LogP contribution >= 0.6 is 0 Å². The summed E-state index contributed by atoms with van der Waals surface area (Å²) in [5.41, 5.74) is 6.99. The summed E-state index contributed by atoms with van der Waals surface area (Å²) >= 11 is 0. The number of hydrogen-bond acceptors (Lipinski definition) is 5. The predicted octanol–water partition coefficient (Wildman–Crippen LogP) is 1.32. The van der Waals surface area contributed by atoms with E-state index in [4.69, 9.17) is 14.9 Å². The molecule has 0 radical (unpaired) electrons. The number of oxazole rings is 1. The van der Waals surface area contributed by atoms with Gasteiger partial charge in [0.1, 0.15) is 0 Å². The normalized spacial score (nSPS) is 13.5. The molecule has 1 atom stereocenters. The maximum atomic E-state index is 11.7. The molecule has 0 amide bonds. The highest BCUT2D eigenvalue weighted by Gasteiger charge is 2.36. The maximum absolute atomic E-state index is 11.7. The second kappa shape index (κ2) is 4.55. The number of carbonyl (C=O) groups is 1. The van der Waals surface area contributed by atoms with E-state index in [1.54, 1.807) is 32.0 Å². The van der Waals surface area contributed by atoms with Gasteiger partial charge in [-0.2, -0.15) is 0 Å². The molecule has 1 unspecified atom stereocenters. The minimum atomic E-state index is -0.869. The van der Waals surface area contributed by atoms with Gasteiger partial charge in [-0.1, -0.05) is 6.07 Å². The molecule has 0 saturated heterocycles. The van der Waals surface area contributed by atoms with Crippen molar-refractivity contribution in [2.24, 2.45) is 11.1 Å². The molecule has 0 aliphatic heterocycles. The van der Waals surface area contributed by atoms with E-state index in [1.807, 2.05) is 0 Å². The molecule has 102 valence electrons. The van der Waals surface area contributed by atoms with Crippen LogP contribution in [0.25, 0.3) is 11.1 Å². The van der Waals surface area contributed by atoms with Gasteiger partial charge in [-0.15, -0.1) is 0 Å². The van der Waals surface area contributed by atoms with Gasteiger partial charge in [0, 0.05) is 6.04 Å². The molecule has 0 bridgehead atoms. The highest BCUT2D eigenvalue weighted by Crippen LogP contribution is 2.33. The van der Waals surface area contributed by atoms with Crippen molar-refractivity contribution in [3.8, 4) is 0 Å². The number of carbonyl (C=O) groups excluding carboxylic acids is 1. The Labute approximate surface area is 109 Å². The summed E-state index contributed by atoms with van der Waals surface area (Å²) in [6.07, 6.45) is 0. The van der Waals surface area contributed by atoms with Crippen LogP contribution in [0.4, 0.5) is 0 Å². The number of methoxy groups -OCH3 is 1. The number of nitrogens with one attached hydrogen (secondary N) is 1. The van der Waals surface area contributed by atoms with E-state index in [-0.39, 0.29) is 5.97 Å². The van der Waals surface area contributed by atoms with E-state index in [0.29, 0.717) is 11.1 Å². The summed E-state index contributed by atoms with van der Waals surface area (Å²) in [5, 5.41) is 0. The van der Waals surface area contributed by atoms with Gasteiger partial charge in [-0.05, 0) is 31.5 Å². The number of aromatic nitrogens is 1. The zero-order chi connectivity index (χ0) is 14.2. The summed E-state index contributed by atoms with van der Waals surface area (Å²) in [4.78, 5) is 25.4. The van der Waals surface area contributed by atoms with Crippen molar-refractivity contribution in [2.75, 3.05) is 7.11 Å². The lowest BCUT2D eigenvalue weighted by atomic mass is 9.81. The van der Waals surface area contributed by atoms with Crippen LogP contribution < -0.4 is 11.5 Å². The van der Waals surface area contributed by atoms with Crippen molar-refractivity contribution >= 4 is 17.1 Å². The molecule has 1 heterocycles. The van der Waals surface area contributed by atoms with E-state index >= 15 is 0 Å². The number of hydrogen-bond donors (Lipinski definition) is 2. The highest BCUT2D eigenvalue weighted by molar-refractivity contribution is 5.78. The van der Waals surface area contributed by atoms with Gasteiger partial charge in [-0.25, -0.2) is 4.79 Å². The van der Waals surface area contributed by atoms with E-state index in [0.717, 1.165) is 5.56 Å². The molecule has 6 heteroatoms. The predicted molar refractivity (Wildman–Crippen MR) is 69.6 cm³/mol. The topological polar surface area (TPSA) is 98.3 Å². The summed E-state index contributed by atoms with van der Waals surface area (Å²) in [6.45, 7) is 3.43. The molecule has 0 saturated carbocycles. The summed E-state index contributed by atoms with van der Waals surface area (Å²) in [7, 11) is 1.33. The first kappa shape index (κ1) is 13.4. The van der Waals surface area contributed by atoms with E-state index < -0.39 is 17.2 Å².